The summed E-state index contributed by atoms with van der Waals surface area (Å²) in [7, 11) is 0. The predicted molar refractivity (Wildman–Crippen MR) is 100 cm³/mol. The van der Waals surface area contributed by atoms with Crippen LogP contribution in [0.25, 0.3) is 22.5 Å². The summed E-state index contributed by atoms with van der Waals surface area (Å²) in [4.78, 5) is 0. The van der Waals surface area contributed by atoms with E-state index in [9.17, 15) is 0 Å². The highest BCUT2D eigenvalue weighted by atomic mass is 15.3. The molecular weight excluding hydrogens is 292 g/mol. The first-order valence-electron chi connectivity index (χ1n) is 8.95. The average molecular weight is 316 g/mol. The van der Waals surface area contributed by atoms with Crippen LogP contribution >= 0.6 is 0 Å². The molecule has 0 atom stereocenters. The van der Waals surface area contributed by atoms with Crippen LogP contribution in [0.1, 0.15) is 42.9 Å². The lowest BCUT2D eigenvalue weighted by Gasteiger charge is -2.15. The van der Waals surface area contributed by atoms with Crippen molar-refractivity contribution in [1.29, 1.82) is 0 Å². The van der Waals surface area contributed by atoms with Crippen LogP contribution in [0.15, 0.2) is 54.6 Å². The molecule has 1 heterocycles. The third kappa shape index (κ3) is 2.66. The fraction of sp³-hybridized carbons (Fsp3) is 0.318. The van der Waals surface area contributed by atoms with Crippen molar-refractivity contribution in [3.8, 4) is 22.5 Å². The Morgan fingerprint density at radius 3 is 2.04 bits per heavy atom. The van der Waals surface area contributed by atoms with E-state index in [1.165, 1.54) is 53.6 Å². The molecule has 24 heavy (non-hydrogen) atoms. The van der Waals surface area contributed by atoms with Gasteiger partial charge in [-0.25, -0.2) is 0 Å². The third-order valence-electron chi connectivity index (χ3n) is 5.25. The Balaban J connectivity index is 1.88. The molecule has 1 aliphatic carbocycles. The second-order valence-corrected chi connectivity index (χ2v) is 6.93. The monoisotopic (exact) mass is 316 g/mol. The molecule has 1 fully saturated rings. The summed E-state index contributed by atoms with van der Waals surface area (Å²) >= 11 is 0. The van der Waals surface area contributed by atoms with E-state index < -0.39 is 0 Å². The summed E-state index contributed by atoms with van der Waals surface area (Å²) in [6.45, 7) is 4.35. The standard InChI is InChI=1S/C22H24N2/c1-16-9-3-7-13-19(16)21-15-22(20-14-8-4-10-17(20)2)24(23-21)18-11-5-6-12-18/h3-4,7-10,13-15,18H,5-6,11-12H2,1-2H3. The van der Waals surface area contributed by atoms with Crippen LogP contribution in [0.2, 0.25) is 0 Å². The van der Waals surface area contributed by atoms with Crippen molar-refractivity contribution in [1.82, 2.24) is 9.78 Å². The molecule has 0 unspecified atom stereocenters. The highest BCUT2D eigenvalue weighted by Crippen LogP contribution is 2.36. The summed E-state index contributed by atoms with van der Waals surface area (Å²) in [5, 5.41) is 5.06. The van der Waals surface area contributed by atoms with Gasteiger partial charge in [0.1, 0.15) is 0 Å². The molecule has 0 spiro atoms. The molecule has 0 saturated heterocycles. The first kappa shape index (κ1) is 15.2. The molecule has 3 aromatic rings. The smallest absolute Gasteiger partial charge is 0.0932 e. The number of rotatable bonds is 3. The Labute approximate surface area is 144 Å². The molecule has 122 valence electrons. The molecule has 1 aliphatic rings. The zero-order valence-corrected chi connectivity index (χ0v) is 14.5. The maximum atomic E-state index is 5.06. The SMILES string of the molecule is Cc1ccccc1-c1cc(-c2ccccc2C)n(C2CCCC2)n1. The Bertz CT molecular complexity index is 854. The molecule has 0 aliphatic heterocycles. The first-order chi connectivity index (χ1) is 11.7. The molecule has 0 radical (unpaired) electrons. The zero-order valence-electron chi connectivity index (χ0n) is 14.5. The van der Waals surface area contributed by atoms with E-state index in [0.717, 1.165) is 5.69 Å². The maximum absolute atomic E-state index is 5.06. The van der Waals surface area contributed by atoms with Crippen molar-refractivity contribution in [3.05, 3.63) is 65.7 Å². The minimum absolute atomic E-state index is 0.539. The van der Waals surface area contributed by atoms with E-state index in [0.29, 0.717) is 6.04 Å². The van der Waals surface area contributed by atoms with Gasteiger partial charge in [-0.15, -0.1) is 0 Å². The minimum atomic E-state index is 0.539. The van der Waals surface area contributed by atoms with Crippen molar-refractivity contribution in [2.45, 2.75) is 45.6 Å². The van der Waals surface area contributed by atoms with Gasteiger partial charge in [-0.05, 0) is 43.9 Å². The van der Waals surface area contributed by atoms with E-state index in [1.807, 2.05) is 0 Å². The lowest BCUT2D eigenvalue weighted by Crippen LogP contribution is -2.08. The van der Waals surface area contributed by atoms with Crippen molar-refractivity contribution in [2.24, 2.45) is 0 Å². The summed E-state index contributed by atoms with van der Waals surface area (Å²) in [6, 6.07) is 20.0. The number of aryl methyl sites for hydroxylation is 2. The van der Waals surface area contributed by atoms with Crippen LogP contribution < -0.4 is 0 Å². The van der Waals surface area contributed by atoms with Crippen molar-refractivity contribution < 1.29 is 0 Å². The minimum Gasteiger partial charge on any atom is -0.261 e. The molecule has 4 rings (SSSR count). The van der Waals surface area contributed by atoms with Crippen molar-refractivity contribution in [2.75, 3.05) is 0 Å². The van der Waals surface area contributed by atoms with E-state index in [2.05, 4.69) is 73.1 Å². The number of hydrogen-bond donors (Lipinski definition) is 0. The molecule has 2 nitrogen and oxygen atoms in total. The Morgan fingerprint density at radius 1 is 0.833 bits per heavy atom. The van der Waals surface area contributed by atoms with Crippen LogP contribution in [0, 0.1) is 13.8 Å². The highest BCUT2D eigenvalue weighted by molar-refractivity contribution is 5.72. The van der Waals surface area contributed by atoms with E-state index in [4.69, 9.17) is 5.10 Å². The van der Waals surface area contributed by atoms with E-state index >= 15 is 0 Å². The van der Waals surface area contributed by atoms with Gasteiger partial charge in [0.05, 0.1) is 17.4 Å². The van der Waals surface area contributed by atoms with Crippen LogP contribution in [0.5, 0.6) is 0 Å². The Kier molecular flexibility index (Phi) is 3.97. The van der Waals surface area contributed by atoms with Gasteiger partial charge >= 0.3 is 0 Å². The van der Waals surface area contributed by atoms with Gasteiger partial charge < -0.3 is 0 Å². The topological polar surface area (TPSA) is 17.8 Å². The molecule has 2 aromatic carbocycles. The zero-order chi connectivity index (χ0) is 16.5. The second-order valence-electron chi connectivity index (χ2n) is 6.93. The second kappa shape index (κ2) is 6.27. The summed E-state index contributed by atoms with van der Waals surface area (Å²) in [5.74, 6) is 0. The molecule has 1 aromatic heterocycles. The first-order valence-corrected chi connectivity index (χ1v) is 8.95. The molecule has 0 N–H and O–H groups in total. The van der Waals surface area contributed by atoms with Gasteiger partial charge in [0, 0.05) is 11.1 Å². The van der Waals surface area contributed by atoms with Gasteiger partial charge in [0.15, 0.2) is 0 Å². The normalized spacial score (nSPS) is 15.1. The lowest BCUT2D eigenvalue weighted by molar-refractivity contribution is 0.473. The molecular formula is C22H24N2. The number of benzene rings is 2. The average Bonchev–Trinajstić information content (AvgIpc) is 3.25. The molecule has 0 amide bonds. The molecule has 2 heteroatoms. The van der Waals surface area contributed by atoms with Crippen LogP contribution in [-0.2, 0) is 0 Å². The fourth-order valence-corrected chi connectivity index (χ4v) is 3.87. The van der Waals surface area contributed by atoms with Crippen LogP contribution in [0.4, 0.5) is 0 Å². The lowest BCUT2D eigenvalue weighted by atomic mass is 10.0. The van der Waals surface area contributed by atoms with Crippen molar-refractivity contribution in [3.63, 3.8) is 0 Å². The van der Waals surface area contributed by atoms with E-state index in [1.54, 1.807) is 0 Å². The highest BCUT2D eigenvalue weighted by Gasteiger charge is 2.23. The Hall–Kier alpha value is -2.35. The number of hydrogen-bond acceptors (Lipinski definition) is 1. The van der Waals surface area contributed by atoms with Crippen LogP contribution in [-0.4, -0.2) is 9.78 Å². The maximum Gasteiger partial charge on any atom is 0.0932 e. The van der Waals surface area contributed by atoms with E-state index in [-0.39, 0.29) is 0 Å². The summed E-state index contributed by atoms with van der Waals surface area (Å²) in [6.07, 6.45) is 5.12. The predicted octanol–water partition coefficient (Wildman–Crippen LogP) is 5.95. The van der Waals surface area contributed by atoms with Crippen molar-refractivity contribution >= 4 is 0 Å². The third-order valence-corrected chi connectivity index (χ3v) is 5.25. The molecule has 1 saturated carbocycles. The molecule has 0 bridgehead atoms. The van der Waals surface area contributed by atoms with Gasteiger partial charge in [-0.2, -0.15) is 5.10 Å². The Morgan fingerprint density at radius 2 is 1.42 bits per heavy atom. The van der Waals surface area contributed by atoms with Gasteiger partial charge in [0.25, 0.3) is 0 Å². The number of nitrogens with zero attached hydrogens (tertiary/aromatic N) is 2. The van der Waals surface area contributed by atoms with Gasteiger partial charge in [0.2, 0.25) is 0 Å². The fourth-order valence-electron chi connectivity index (χ4n) is 3.87. The van der Waals surface area contributed by atoms with Crippen LogP contribution in [0.3, 0.4) is 0 Å². The largest absolute Gasteiger partial charge is 0.261 e. The summed E-state index contributed by atoms with van der Waals surface area (Å²) < 4.78 is 2.30. The quantitative estimate of drug-likeness (QED) is 0.584. The van der Waals surface area contributed by atoms with Gasteiger partial charge in [-0.1, -0.05) is 61.4 Å². The van der Waals surface area contributed by atoms with Gasteiger partial charge in [-0.3, -0.25) is 4.68 Å². The summed E-state index contributed by atoms with van der Waals surface area (Å²) in [5.41, 5.74) is 7.50. The number of aromatic nitrogens is 2.